The first-order valence-electron chi connectivity index (χ1n) is 6.72. The van der Waals surface area contributed by atoms with Crippen molar-refractivity contribution in [3.05, 3.63) is 35.4 Å². The fourth-order valence-electron chi connectivity index (χ4n) is 2.34. The molecule has 4 heteroatoms. The number of hydrogen-bond acceptors (Lipinski definition) is 3. The molecule has 1 unspecified atom stereocenters. The van der Waals surface area contributed by atoms with Gasteiger partial charge in [-0.3, -0.25) is 4.79 Å². The van der Waals surface area contributed by atoms with Gasteiger partial charge in [0.05, 0.1) is 23.6 Å². The van der Waals surface area contributed by atoms with Crippen LogP contribution < -0.4 is 10.6 Å². The van der Waals surface area contributed by atoms with Crippen LogP contribution >= 0.6 is 0 Å². The van der Waals surface area contributed by atoms with Gasteiger partial charge in [0.2, 0.25) is 5.91 Å². The second-order valence-electron chi connectivity index (χ2n) is 5.01. The lowest BCUT2D eigenvalue weighted by Gasteiger charge is -2.24. The lowest BCUT2D eigenvalue weighted by atomic mass is 9.98. The molecular formula is C15H19N3O. The lowest BCUT2D eigenvalue weighted by molar-refractivity contribution is -0.126. The zero-order chi connectivity index (χ0) is 13.7. The van der Waals surface area contributed by atoms with Gasteiger partial charge in [-0.25, -0.2) is 0 Å². The smallest absolute Gasteiger partial charge is 0.224 e. The van der Waals surface area contributed by atoms with E-state index in [1.54, 1.807) is 12.1 Å². The predicted octanol–water partition coefficient (Wildman–Crippen LogP) is 1.74. The van der Waals surface area contributed by atoms with E-state index < -0.39 is 0 Å². The Kier molecular flexibility index (Phi) is 4.53. The summed E-state index contributed by atoms with van der Waals surface area (Å²) in [6, 6.07) is 9.40. The van der Waals surface area contributed by atoms with Crippen LogP contribution in [0, 0.1) is 17.2 Å². The number of nitriles is 1. The van der Waals surface area contributed by atoms with Crippen molar-refractivity contribution in [3.8, 4) is 6.07 Å². The van der Waals surface area contributed by atoms with Crippen molar-refractivity contribution >= 4 is 5.91 Å². The number of piperidine rings is 1. The van der Waals surface area contributed by atoms with Crippen LogP contribution in [0.5, 0.6) is 0 Å². The summed E-state index contributed by atoms with van der Waals surface area (Å²) < 4.78 is 0. The van der Waals surface area contributed by atoms with Crippen molar-refractivity contribution in [1.82, 2.24) is 10.6 Å². The number of rotatable bonds is 3. The first kappa shape index (κ1) is 13.6. The quantitative estimate of drug-likeness (QED) is 0.866. The summed E-state index contributed by atoms with van der Waals surface area (Å²) in [4.78, 5) is 12.1. The van der Waals surface area contributed by atoms with Crippen molar-refractivity contribution in [2.45, 2.75) is 25.8 Å². The molecule has 19 heavy (non-hydrogen) atoms. The molecule has 2 atom stereocenters. The van der Waals surface area contributed by atoms with E-state index in [1.165, 1.54) is 0 Å². The largest absolute Gasteiger partial charge is 0.349 e. The van der Waals surface area contributed by atoms with Crippen LogP contribution in [0.25, 0.3) is 0 Å². The molecule has 1 heterocycles. The molecule has 2 N–H and O–H groups in total. The lowest BCUT2D eigenvalue weighted by Crippen LogP contribution is -2.41. The number of nitrogens with zero attached hydrogens (tertiary/aromatic N) is 1. The Morgan fingerprint density at radius 3 is 2.79 bits per heavy atom. The normalized spacial score (nSPS) is 20.3. The maximum atomic E-state index is 12.1. The van der Waals surface area contributed by atoms with Crippen LogP contribution in [-0.2, 0) is 4.79 Å². The van der Waals surface area contributed by atoms with Gasteiger partial charge in [0.1, 0.15) is 0 Å². The molecular weight excluding hydrogens is 238 g/mol. The number of benzene rings is 1. The molecule has 4 nitrogen and oxygen atoms in total. The van der Waals surface area contributed by atoms with Gasteiger partial charge in [-0.2, -0.15) is 5.26 Å². The predicted molar refractivity (Wildman–Crippen MR) is 73.3 cm³/mol. The van der Waals surface area contributed by atoms with E-state index in [-0.39, 0.29) is 17.9 Å². The van der Waals surface area contributed by atoms with Crippen LogP contribution in [0.15, 0.2) is 24.3 Å². The minimum absolute atomic E-state index is 0.0258. The molecule has 1 amide bonds. The third-order valence-electron chi connectivity index (χ3n) is 3.57. The SMILES string of the molecule is CC(NC(=O)[C@H]1CCCNC1)c1ccc(C#N)cc1. The van der Waals surface area contributed by atoms with E-state index in [9.17, 15) is 4.79 Å². The van der Waals surface area contributed by atoms with Crippen molar-refractivity contribution in [3.63, 3.8) is 0 Å². The molecule has 0 saturated carbocycles. The van der Waals surface area contributed by atoms with Crippen LogP contribution in [0.4, 0.5) is 0 Å². The number of nitrogens with one attached hydrogen (secondary N) is 2. The fraction of sp³-hybridized carbons (Fsp3) is 0.467. The molecule has 1 saturated heterocycles. The van der Waals surface area contributed by atoms with Gasteiger partial charge in [0.15, 0.2) is 0 Å². The summed E-state index contributed by atoms with van der Waals surface area (Å²) in [5.41, 5.74) is 1.66. The Morgan fingerprint density at radius 1 is 1.47 bits per heavy atom. The van der Waals surface area contributed by atoms with Crippen molar-refractivity contribution < 1.29 is 4.79 Å². The maximum Gasteiger partial charge on any atom is 0.224 e. The number of carbonyl (C=O) groups excluding carboxylic acids is 1. The monoisotopic (exact) mass is 257 g/mol. The first-order chi connectivity index (χ1) is 9.20. The fourth-order valence-corrected chi connectivity index (χ4v) is 2.34. The summed E-state index contributed by atoms with van der Waals surface area (Å²) in [6.45, 7) is 3.75. The summed E-state index contributed by atoms with van der Waals surface area (Å²) >= 11 is 0. The standard InChI is InChI=1S/C15H19N3O/c1-11(13-6-4-12(9-16)5-7-13)18-15(19)14-3-2-8-17-10-14/h4-7,11,14,17H,2-3,8,10H2,1H3,(H,18,19)/t11?,14-/m0/s1. The van der Waals surface area contributed by atoms with Crippen LogP contribution in [0.3, 0.4) is 0 Å². The summed E-state index contributed by atoms with van der Waals surface area (Å²) in [6.07, 6.45) is 2.02. The minimum Gasteiger partial charge on any atom is -0.349 e. The van der Waals surface area contributed by atoms with Crippen molar-refractivity contribution in [2.75, 3.05) is 13.1 Å². The summed E-state index contributed by atoms with van der Waals surface area (Å²) in [5, 5.41) is 15.0. The summed E-state index contributed by atoms with van der Waals surface area (Å²) in [5.74, 6) is 0.193. The van der Waals surface area contributed by atoms with Gasteiger partial charge in [-0.05, 0) is 44.0 Å². The summed E-state index contributed by atoms with van der Waals surface area (Å²) in [7, 11) is 0. The highest BCUT2D eigenvalue weighted by Gasteiger charge is 2.22. The van der Waals surface area contributed by atoms with Crippen LogP contribution in [0.2, 0.25) is 0 Å². The van der Waals surface area contributed by atoms with Crippen molar-refractivity contribution in [1.29, 1.82) is 5.26 Å². The molecule has 1 aliphatic heterocycles. The van der Waals surface area contributed by atoms with E-state index >= 15 is 0 Å². The highest BCUT2D eigenvalue weighted by molar-refractivity contribution is 5.79. The van der Waals surface area contributed by atoms with Gasteiger partial charge in [-0.15, -0.1) is 0 Å². The molecule has 0 aliphatic carbocycles. The van der Waals surface area contributed by atoms with Gasteiger partial charge in [-0.1, -0.05) is 12.1 Å². The molecule has 0 aromatic heterocycles. The zero-order valence-corrected chi connectivity index (χ0v) is 11.1. The second kappa shape index (κ2) is 6.35. The van der Waals surface area contributed by atoms with E-state index in [0.717, 1.165) is 31.5 Å². The van der Waals surface area contributed by atoms with E-state index in [1.807, 2.05) is 19.1 Å². The Labute approximate surface area is 113 Å². The molecule has 0 bridgehead atoms. The van der Waals surface area contributed by atoms with Gasteiger partial charge in [0.25, 0.3) is 0 Å². The van der Waals surface area contributed by atoms with E-state index in [2.05, 4.69) is 16.7 Å². The average Bonchev–Trinajstić information content (AvgIpc) is 2.48. The molecule has 100 valence electrons. The highest BCUT2D eigenvalue weighted by Crippen LogP contribution is 2.16. The molecule has 1 fully saturated rings. The number of carbonyl (C=O) groups is 1. The zero-order valence-electron chi connectivity index (χ0n) is 11.1. The van der Waals surface area contributed by atoms with E-state index in [4.69, 9.17) is 5.26 Å². The first-order valence-corrected chi connectivity index (χ1v) is 6.72. The van der Waals surface area contributed by atoms with E-state index in [0.29, 0.717) is 5.56 Å². The minimum atomic E-state index is -0.0258. The third-order valence-corrected chi connectivity index (χ3v) is 3.57. The Bertz CT molecular complexity index is 469. The highest BCUT2D eigenvalue weighted by atomic mass is 16.1. The molecule has 0 spiro atoms. The number of hydrogen-bond donors (Lipinski definition) is 2. The Morgan fingerprint density at radius 2 is 2.21 bits per heavy atom. The van der Waals surface area contributed by atoms with Gasteiger partial charge >= 0.3 is 0 Å². The number of amides is 1. The molecule has 1 aromatic rings. The van der Waals surface area contributed by atoms with Crippen LogP contribution in [0.1, 0.15) is 36.9 Å². The molecule has 0 radical (unpaired) electrons. The van der Waals surface area contributed by atoms with Gasteiger partial charge < -0.3 is 10.6 Å². The Hall–Kier alpha value is -1.86. The van der Waals surface area contributed by atoms with Gasteiger partial charge in [0, 0.05) is 6.54 Å². The average molecular weight is 257 g/mol. The van der Waals surface area contributed by atoms with Crippen molar-refractivity contribution in [2.24, 2.45) is 5.92 Å². The van der Waals surface area contributed by atoms with Crippen LogP contribution in [-0.4, -0.2) is 19.0 Å². The molecule has 1 aliphatic rings. The molecule has 2 rings (SSSR count). The topological polar surface area (TPSA) is 64.9 Å². The second-order valence-corrected chi connectivity index (χ2v) is 5.01. The Balaban J connectivity index is 1.93. The third kappa shape index (κ3) is 3.55. The maximum absolute atomic E-state index is 12.1. The molecule has 1 aromatic carbocycles.